The van der Waals surface area contributed by atoms with E-state index in [9.17, 15) is 10.1 Å². The molecule has 0 aliphatic rings. The molecule has 1 rings (SSSR count). The molecular formula is C12H17BrN2O3. The Hall–Kier alpha value is -0.980. The minimum Gasteiger partial charge on any atom is -0.396 e. The van der Waals surface area contributed by atoms with E-state index in [0.717, 1.165) is 18.4 Å². The molecule has 5 nitrogen and oxygen atoms in total. The largest absolute Gasteiger partial charge is 0.396 e. The van der Waals surface area contributed by atoms with Gasteiger partial charge in [-0.3, -0.25) is 10.1 Å². The number of benzene rings is 1. The van der Waals surface area contributed by atoms with E-state index < -0.39 is 4.92 Å². The van der Waals surface area contributed by atoms with Crippen molar-refractivity contribution in [2.24, 2.45) is 0 Å². The molecule has 0 amide bonds. The van der Waals surface area contributed by atoms with Crippen LogP contribution in [0.3, 0.4) is 0 Å². The van der Waals surface area contributed by atoms with Crippen molar-refractivity contribution in [3.63, 3.8) is 0 Å². The third kappa shape index (κ3) is 4.72. The number of nitro benzene ring substituents is 1. The van der Waals surface area contributed by atoms with E-state index in [1.807, 2.05) is 13.0 Å². The molecular weight excluding hydrogens is 300 g/mol. The van der Waals surface area contributed by atoms with Crippen molar-refractivity contribution in [2.45, 2.75) is 32.4 Å². The first-order valence-corrected chi connectivity index (χ1v) is 6.61. The molecule has 0 aromatic heterocycles. The van der Waals surface area contributed by atoms with Gasteiger partial charge in [-0.1, -0.05) is 6.07 Å². The van der Waals surface area contributed by atoms with Gasteiger partial charge >= 0.3 is 0 Å². The van der Waals surface area contributed by atoms with Crippen molar-refractivity contribution < 1.29 is 10.0 Å². The van der Waals surface area contributed by atoms with Crippen LogP contribution in [0.15, 0.2) is 22.7 Å². The molecule has 2 N–H and O–H groups in total. The first kappa shape index (κ1) is 15.1. The van der Waals surface area contributed by atoms with Crippen LogP contribution in [0.2, 0.25) is 0 Å². The standard InChI is InChI=1S/C12H17BrN2O3/c1-9(3-2-6-16)14-8-10-4-5-11(13)12(7-10)15(17)18/h4-5,7,9,14,16H,2-3,6,8H2,1H3. The van der Waals surface area contributed by atoms with Crippen LogP contribution >= 0.6 is 15.9 Å². The lowest BCUT2D eigenvalue weighted by molar-refractivity contribution is -0.385. The zero-order chi connectivity index (χ0) is 13.5. The molecule has 0 radical (unpaired) electrons. The van der Waals surface area contributed by atoms with Crippen LogP contribution in [-0.4, -0.2) is 22.7 Å². The molecule has 1 atom stereocenters. The Labute approximate surface area is 114 Å². The van der Waals surface area contributed by atoms with Crippen molar-refractivity contribution in [3.05, 3.63) is 38.3 Å². The van der Waals surface area contributed by atoms with Crippen LogP contribution in [0.5, 0.6) is 0 Å². The van der Waals surface area contributed by atoms with E-state index in [4.69, 9.17) is 5.11 Å². The van der Waals surface area contributed by atoms with Crippen LogP contribution in [0.4, 0.5) is 5.69 Å². The van der Waals surface area contributed by atoms with E-state index >= 15 is 0 Å². The second-order valence-electron chi connectivity index (χ2n) is 4.19. The summed E-state index contributed by atoms with van der Waals surface area (Å²) < 4.78 is 0.490. The maximum atomic E-state index is 10.8. The van der Waals surface area contributed by atoms with E-state index in [0.29, 0.717) is 11.0 Å². The Morgan fingerprint density at radius 2 is 2.28 bits per heavy atom. The highest BCUT2D eigenvalue weighted by atomic mass is 79.9. The van der Waals surface area contributed by atoms with Gasteiger partial charge in [0, 0.05) is 25.3 Å². The highest BCUT2D eigenvalue weighted by molar-refractivity contribution is 9.10. The number of aliphatic hydroxyl groups is 1. The van der Waals surface area contributed by atoms with Gasteiger partial charge in [-0.15, -0.1) is 0 Å². The number of halogens is 1. The Balaban J connectivity index is 2.57. The monoisotopic (exact) mass is 316 g/mol. The second-order valence-corrected chi connectivity index (χ2v) is 5.04. The topological polar surface area (TPSA) is 75.4 Å². The number of hydrogen-bond donors (Lipinski definition) is 2. The van der Waals surface area contributed by atoms with Crippen molar-refractivity contribution in [1.29, 1.82) is 0 Å². The molecule has 0 saturated carbocycles. The third-order valence-corrected chi connectivity index (χ3v) is 3.33. The second kappa shape index (κ2) is 7.45. The Morgan fingerprint density at radius 3 is 2.89 bits per heavy atom. The van der Waals surface area contributed by atoms with Gasteiger partial charge < -0.3 is 10.4 Å². The Kier molecular flexibility index (Phi) is 6.24. The molecule has 0 fully saturated rings. The molecule has 0 saturated heterocycles. The molecule has 1 unspecified atom stereocenters. The molecule has 0 heterocycles. The minimum atomic E-state index is -0.400. The third-order valence-electron chi connectivity index (χ3n) is 2.66. The average Bonchev–Trinajstić information content (AvgIpc) is 2.35. The average molecular weight is 317 g/mol. The zero-order valence-corrected chi connectivity index (χ0v) is 11.8. The van der Waals surface area contributed by atoms with Gasteiger partial charge in [-0.2, -0.15) is 0 Å². The molecule has 1 aromatic carbocycles. The summed E-state index contributed by atoms with van der Waals surface area (Å²) >= 11 is 3.16. The number of hydrogen-bond acceptors (Lipinski definition) is 4. The lowest BCUT2D eigenvalue weighted by atomic mass is 10.1. The lowest BCUT2D eigenvalue weighted by Gasteiger charge is -2.13. The van der Waals surface area contributed by atoms with Crippen LogP contribution < -0.4 is 5.32 Å². The zero-order valence-electron chi connectivity index (χ0n) is 10.2. The summed E-state index contributed by atoms with van der Waals surface area (Å²) in [5.41, 5.74) is 0.957. The van der Waals surface area contributed by atoms with Gasteiger partial charge in [0.25, 0.3) is 5.69 Å². The lowest BCUT2D eigenvalue weighted by Crippen LogP contribution is -2.25. The van der Waals surface area contributed by atoms with E-state index in [1.54, 1.807) is 12.1 Å². The normalized spacial score (nSPS) is 12.4. The smallest absolute Gasteiger partial charge is 0.283 e. The predicted molar refractivity (Wildman–Crippen MR) is 73.4 cm³/mol. The fourth-order valence-electron chi connectivity index (χ4n) is 1.60. The number of rotatable bonds is 7. The van der Waals surface area contributed by atoms with E-state index in [1.165, 1.54) is 0 Å². The Morgan fingerprint density at radius 1 is 1.56 bits per heavy atom. The number of nitrogens with zero attached hydrogens (tertiary/aromatic N) is 1. The quantitative estimate of drug-likeness (QED) is 0.599. The summed E-state index contributed by atoms with van der Waals surface area (Å²) in [7, 11) is 0. The molecule has 100 valence electrons. The first-order valence-electron chi connectivity index (χ1n) is 5.81. The SMILES string of the molecule is CC(CCCO)NCc1ccc(Br)c([N+](=O)[O-])c1. The number of aliphatic hydroxyl groups excluding tert-OH is 1. The Bertz CT molecular complexity index is 412. The van der Waals surface area contributed by atoms with Gasteiger partial charge in [-0.25, -0.2) is 0 Å². The minimum absolute atomic E-state index is 0.0808. The number of nitrogens with one attached hydrogen (secondary N) is 1. The maximum Gasteiger partial charge on any atom is 0.283 e. The summed E-state index contributed by atoms with van der Waals surface area (Å²) in [5.74, 6) is 0. The maximum absolute atomic E-state index is 10.8. The molecule has 0 spiro atoms. The molecule has 0 aliphatic heterocycles. The number of nitro groups is 1. The van der Waals surface area contributed by atoms with Gasteiger partial charge in [0.2, 0.25) is 0 Å². The fraction of sp³-hybridized carbons (Fsp3) is 0.500. The van der Waals surface area contributed by atoms with E-state index in [-0.39, 0.29) is 18.3 Å². The molecule has 6 heteroatoms. The van der Waals surface area contributed by atoms with Gasteiger partial charge in [0.1, 0.15) is 0 Å². The van der Waals surface area contributed by atoms with Crippen molar-refractivity contribution in [1.82, 2.24) is 5.32 Å². The summed E-state index contributed by atoms with van der Waals surface area (Å²) in [5, 5.41) is 22.8. The van der Waals surface area contributed by atoms with Crippen molar-refractivity contribution in [3.8, 4) is 0 Å². The van der Waals surface area contributed by atoms with Crippen molar-refractivity contribution in [2.75, 3.05) is 6.61 Å². The summed E-state index contributed by atoms with van der Waals surface area (Å²) in [6.07, 6.45) is 1.64. The van der Waals surface area contributed by atoms with Gasteiger partial charge in [0.15, 0.2) is 0 Å². The molecule has 0 bridgehead atoms. The van der Waals surface area contributed by atoms with Crippen molar-refractivity contribution >= 4 is 21.6 Å². The summed E-state index contributed by atoms with van der Waals surface area (Å²) in [6.45, 7) is 2.80. The van der Waals surface area contributed by atoms with E-state index in [2.05, 4.69) is 21.2 Å². The van der Waals surface area contributed by atoms with Gasteiger partial charge in [-0.05, 0) is 47.3 Å². The predicted octanol–water partition coefficient (Wildman–Crippen LogP) is 2.61. The van der Waals surface area contributed by atoms with Crippen LogP contribution in [0.25, 0.3) is 0 Å². The molecule has 1 aromatic rings. The highest BCUT2D eigenvalue weighted by Gasteiger charge is 2.12. The van der Waals surface area contributed by atoms with Gasteiger partial charge in [0.05, 0.1) is 9.40 Å². The first-order chi connectivity index (χ1) is 8.54. The summed E-state index contributed by atoms with van der Waals surface area (Å²) in [4.78, 5) is 10.4. The highest BCUT2D eigenvalue weighted by Crippen LogP contribution is 2.25. The fourth-order valence-corrected chi connectivity index (χ4v) is 1.99. The summed E-state index contributed by atoms with van der Waals surface area (Å²) in [6, 6.07) is 5.38. The van der Waals surface area contributed by atoms with Crippen LogP contribution in [0.1, 0.15) is 25.3 Å². The molecule has 18 heavy (non-hydrogen) atoms. The van der Waals surface area contributed by atoms with Crippen LogP contribution in [0, 0.1) is 10.1 Å². The molecule has 0 aliphatic carbocycles. The van der Waals surface area contributed by atoms with Crippen LogP contribution in [-0.2, 0) is 6.54 Å².